The highest BCUT2D eigenvalue weighted by atomic mass is 35.5. The average molecular weight is 249 g/mol. The van der Waals surface area contributed by atoms with E-state index in [0.717, 1.165) is 22.8 Å². The second-order valence-corrected chi connectivity index (χ2v) is 3.91. The second kappa shape index (κ2) is 6.21. The maximum atomic E-state index is 6.11. The Balaban J connectivity index is 0.00000196. The van der Waals surface area contributed by atoms with Crippen molar-refractivity contribution in [3.63, 3.8) is 0 Å². The predicted octanol–water partition coefficient (Wildman–Crippen LogP) is 3.52. The molecule has 1 rings (SSSR count). The van der Waals surface area contributed by atoms with Crippen LogP contribution < -0.4 is 11.1 Å². The maximum Gasteiger partial charge on any atom is 0.0474 e. The van der Waals surface area contributed by atoms with Gasteiger partial charge < -0.3 is 11.1 Å². The van der Waals surface area contributed by atoms with Gasteiger partial charge in [-0.3, -0.25) is 0 Å². The van der Waals surface area contributed by atoms with Crippen LogP contribution in [0, 0.1) is 6.92 Å². The van der Waals surface area contributed by atoms with Crippen molar-refractivity contribution in [2.75, 3.05) is 11.9 Å². The van der Waals surface area contributed by atoms with Crippen LogP contribution in [-0.2, 0) is 0 Å². The van der Waals surface area contributed by atoms with E-state index in [1.807, 2.05) is 19.1 Å². The summed E-state index contributed by atoms with van der Waals surface area (Å²) >= 11 is 6.11. The van der Waals surface area contributed by atoms with Gasteiger partial charge >= 0.3 is 0 Å². The molecule has 0 radical (unpaired) electrons. The van der Waals surface area contributed by atoms with E-state index in [1.54, 1.807) is 0 Å². The normalized spacial score (nSPS) is 11.8. The van der Waals surface area contributed by atoms with Gasteiger partial charge in [-0.05, 0) is 38.0 Å². The summed E-state index contributed by atoms with van der Waals surface area (Å²) < 4.78 is 0. The minimum atomic E-state index is -0.0168. The monoisotopic (exact) mass is 248 g/mol. The number of benzene rings is 1. The number of anilines is 1. The molecular formula is C11H18Cl2N2. The third kappa shape index (κ3) is 3.56. The largest absolute Gasteiger partial charge is 0.385 e. The zero-order chi connectivity index (χ0) is 10.7. The van der Waals surface area contributed by atoms with E-state index < -0.39 is 0 Å². The number of aryl methyl sites for hydroxylation is 1. The molecule has 0 saturated carbocycles. The molecule has 3 N–H and O–H groups in total. The fourth-order valence-electron chi connectivity index (χ4n) is 1.43. The van der Waals surface area contributed by atoms with E-state index in [9.17, 15) is 0 Å². The molecule has 0 fully saturated rings. The minimum Gasteiger partial charge on any atom is -0.385 e. The van der Waals surface area contributed by atoms with Gasteiger partial charge in [0.25, 0.3) is 0 Å². The highest BCUT2D eigenvalue weighted by Gasteiger charge is 2.08. The van der Waals surface area contributed by atoms with Crippen LogP contribution in [0.25, 0.3) is 0 Å². The van der Waals surface area contributed by atoms with Gasteiger partial charge in [0.2, 0.25) is 0 Å². The molecule has 0 aliphatic heterocycles. The van der Waals surface area contributed by atoms with Crippen molar-refractivity contribution in [1.29, 1.82) is 0 Å². The molecular weight excluding hydrogens is 231 g/mol. The Labute approximate surface area is 103 Å². The van der Waals surface area contributed by atoms with Crippen molar-refractivity contribution < 1.29 is 0 Å². The summed E-state index contributed by atoms with van der Waals surface area (Å²) in [5, 5.41) is 4.00. The van der Waals surface area contributed by atoms with Gasteiger partial charge in [0.15, 0.2) is 0 Å². The van der Waals surface area contributed by atoms with E-state index in [0.29, 0.717) is 0 Å². The van der Waals surface area contributed by atoms with Crippen LogP contribution in [0.5, 0.6) is 0 Å². The van der Waals surface area contributed by atoms with Crippen LogP contribution in [0.1, 0.15) is 31.0 Å². The Hall–Kier alpha value is -0.440. The fraction of sp³-hybridized carbons (Fsp3) is 0.455. The molecule has 0 aromatic heterocycles. The molecule has 1 atom stereocenters. The van der Waals surface area contributed by atoms with Gasteiger partial charge in [0, 0.05) is 23.3 Å². The molecule has 2 nitrogen and oxygen atoms in total. The van der Waals surface area contributed by atoms with Crippen molar-refractivity contribution >= 4 is 29.7 Å². The molecule has 0 saturated heterocycles. The minimum absolute atomic E-state index is 0. The van der Waals surface area contributed by atoms with Crippen LogP contribution in [0.15, 0.2) is 12.1 Å². The van der Waals surface area contributed by atoms with Gasteiger partial charge in [0.1, 0.15) is 0 Å². The summed E-state index contributed by atoms with van der Waals surface area (Å²) in [6, 6.07) is 3.97. The number of rotatable bonds is 3. The number of halogens is 2. The highest BCUT2D eigenvalue weighted by Crippen LogP contribution is 2.28. The molecule has 86 valence electrons. The van der Waals surface area contributed by atoms with Crippen LogP contribution >= 0.6 is 24.0 Å². The molecule has 0 amide bonds. The summed E-state index contributed by atoms with van der Waals surface area (Å²) in [6.45, 7) is 6.95. The van der Waals surface area contributed by atoms with Crippen LogP contribution in [0.2, 0.25) is 5.02 Å². The average Bonchev–Trinajstić information content (AvgIpc) is 2.10. The zero-order valence-electron chi connectivity index (χ0n) is 9.30. The van der Waals surface area contributed by atoms with Crippen molar-refractivity contribution in [3.05, 3.63) is 28.3 Å². The molecule has 0 aliphatic rings. The lowest BCUT2D eigenvalue weighted by atomic mass is 10.0. The van der Waals surface area contributed by atoms with Crippen molar-refractivity contribution in [1.82, 2.24) is 0 Å². The molecule has 0 aliphatic carbocycles. The quantitative estimate of drug-likeness (QED) is 0.860. The molecule has 15 heavy (non-hydrogen) atoms. The van der Waals surface area contributed by atoms with Crippen molar-refractivity contribution in [2.45, 2.75) is 26.8 Å². The Morgan fingerprint density at radius 3 is 2.53 bits per heavy atom. The number of hydrogen-bond acceptors (Lipinski definition) is 2. The van der Waals surface area contributed by atoms with Gasteiger partial charge in [-0.15, -0.1) is 12.4 Å². The summed E-state index contributed by atoms with van der Waals surface area (Å²) in [6.07, 6.45) is 0. The van der Waals surface area contributed by atoms with E-state index in [2.05, 4.69) is 19.2 Å². The molecule has 0 unspecified atom stereocenters. The molecule has 4 heteroatoms. The zero-order valence-corrected chi connectivity index (χ0v) is 10.9. The first-order chi connectivity index (χ1) is 6.56. The predicted molar refractivity (Wildman–Crippen MR) is 70.2 cm³/mol. The Kier molecular flexibility index (Phi) is 6.03. The molecule has 0 heterocycles. The van der Waals surface area contributed by atoms with Gasteiger partial charge in [-0.1, -0.05) is 17.7 Å². The van der Waals surface area contributed by atoms with Crippen molar-refractivity contribution in [2.24, 2.45) is 5.73 Å². The van der Waals surface area contributed by atoms with E-state index >= 15 is 0 Å². The lowest BCUT2D eigenvalue weighted by Gasteiger charge is -2.13. The summed E-state index contributed by atoms with van der Waals surface area (Å²) in [5.74, 6) is 0. The topological polar surface area (TPSA) is 38.0 Å². The maximum absolute atomic E-state index is 6.11. The van der Waals surface area contributed by atoms with Crippen LogP contribution in [-0.4, -0.2) is 6.54 Å². The Morgan fingerprint density at radius 2 is 2.07 bits per heavy atom. The molecule has 0 bridgehead atoms. The first kappa shape index (κ1) is 14.6. The third-order valence-electron chi connectivity index (χ3n) is 2.20. The Bertz CT molecular complexity index is 325. The van der Waals surface area contributed by atoms with E-state index in [4.69, 9.17) is 17.3 Å². The van der Waals surface area contributed by atoms with Gasteiger partial charge in [-0.25, -0.2) is 0 Å². The van der Waals surface area contributed by atoms with Crippen molar-refractivity contribution in [3.8, 4) is 0 Å². The summed E-state index contributed by atoms with van der Waals surface area (Å²) in [7, 11) is 0. The highest BCUT2D eigenvalue weighted by molar-refractivity contribution is 6.31. The van der Waals surface area contributed by atoms with E-state index in [1.165, 1.54) is 5.56 Å². The first-order valence-electron chi connectivity index (χ1n) is 4.85. The SMILES string of the molecule is CCNc1cc(Cl)c([C@@H](C)N)cc1C.Cl. The van der Waals surface area contributed by atoms with Gasteiger partial charge in [-0.2, -0.15) is 0 Å². The number of nitrogens with two attached hydrogens (primary N) is 1. The summed E-state index contributed by atoms with van der Waals surface area (Å²) in [5.41, 5.74) is 9.08. The molecule has 1 aromatic rings. The fourth-order valence-corrected chi connectivity index (χ4v) is 1.77. The third-order valence-corrected chi connectivity index (χ3v) is 2.53. The van der Waals surface area contributed by atoms with E-state index in [-0.39, 0.29) is 18.4 Å². The van der Waals surface area contributed by atoms with Crippen LogP contribution in [0.4, 0.5) is 5.69 Å². The van der Waals surface area contributed by atoms with Crippen LogP contribution in [0.3, 0.4) is 0 Å². The standard InChI is InChI=1S/C11H17ClN2.ClH/c1-4-14-11-6-10(12)9(8(3)13)5-7(11)2;/h5-6,8,14H,4,13H2,1-3H3;1H/t8-;/m1./s1. The first-order valence-corrected chi connectivity index (χ1v) is 5.23. The smallest absolute Gasteiger partial charge is 0.0474 e. The lowest BCUT2D eigenvalue weighted by Crippen LogP contribution is -2.07. The number of nitrogens with one attached hydrogen (secondary N) is 1. The molecule has 1 aromatic carbocycles. The lowest BCUT2D eigenvalue weighted by molar-refractivity contribution is 0.817. The molecule has 0 spiro atoms. The van der Waals surface area contributed by atoms with Gasteiger partial charge in [0.05, 0.1) is 0 Å². The Morgan fingerprint density at radius 1 is 1.47 bits per heavy atom. The summed E-state index contributed by atoms with van der Waals surface area (Å²) in [4.78, 5) is 0. The number of hydrogen-bond donors (Lipinski definition) is 2. The second-order valence-electron chi connectivity index (χ2n) is 3.51.